The summed E-state index contributed by atoms with van der Waals surface area (Å²) in [5.41, 5.74) is 0.815. The van der Waals surface area contributed by atoms with Crippen molar-refractivity contribution in [3.05, 3.63) is 52.5 Å². The minimum atomic E-state index is -1.02. The average molecular weight is 303 g/mol. The van der Waals surface area contributed by atoms with E-state index in [1.165, 1.54) is 24.3 Å². The Balaban J connectivity index is 1.99. The molecule has 0 saturated carbocycles. The van der Waals surface area contributed by atoms with Crippen LogP contribution in [0.25, 0.3) is 6.08 Å². The van der Waals surface area contributed by atoms with Crippen LogP contribution >= 0.6 is 11.3 Å². The highest BCUT2D eigenvalue weighted by atomic mass is 32.1. The molecule has 0 aliphatic carbocycles. The van der Waals surface area contributed by atoms with Crippen LogP contribution in [0.1, 0.15) is 22.3 Å². The van der Waals surface area contributed by atoms with Crippen molar-refractivity contribution >= 4 is 29.2 Å². The van der Waals surface area contributed by atoms with Crippen LogP contribution in [0.2, 0.25) is 0 Å². The molecule has 0 saturated heterocycles. The van der Waals surface area contributed by atoms with Crippen molar-refractivity contribution < 1.29 is 19.4 Å². The van der Waals surface area contributed by atoms with E-state index in [1.807, 2.05) is 0 Å². The van der Waals surface area contributed by atoms with Crippen LogP contribution in [0.15, 0.2) is 41.9 Å². The molecule has 6 heteroatoms. The zero-order valence-corrected chi connectivity index (χ0v) is 12.0. The Morgan fingerprint density at radius 3 is 2.62 bits per heavy atom. The summed E-state index contributed by atoms with van der Waals surface area (Å²) < 4.78 is 5.22. The molecule has 2 rings (SSSR count). The molecule has 108 valence electrons. The fraction of sp³-hybridized carbons (Fsp3) is 0.133. The second-order valence-electron chi connectivity index (χ2n) is 4.20. The first-order valence-electron chi connectivity index (χ1n) is 6.17. The molecule has 2 aromatic rings. The molecule has 0 amide bonds. The van der Waals surface area contributed by atoms with E-state index in [4.69, 9.17) is 9.84 Å². The van der Waals surface area contributed by atoms with Gasteiger partial charge in [0.25, 0.3) is 0 Å². The van der Waals surface area contributed by atoms with Crippen LogP contribution in [0.4, 0.5) is 0 Å². The zero-order chi connectivity index (χ0) is 15.2. The van der Waals surface area contributed by atoms with Crippen molar-refractivity contribution in [3.8, 4) is 5.75 Å². The second kappa shape index (κ2) is 6.81. The van der Waals surface area contributed by atoms with Crippen molar-refractivity contribution in [2.75, 3.05) is 0 Å². The molecule has 0 bridgehead atoms. The second-order valence-corrected chi connectivity index (χ2v) is 5.10. The Labute approximate surface area is 125 Å². The van der Waals surface area contributed by atoms with Crippen LogP contribution < -0.4 is 4.74 Å². The number of hydrogen-bond donors (Lipinski definition) is 1. The summed E-state index contributed by atoms with van der Waals surface area (Å²) in [4.78, 5) is 26.4. The van der Waals surface area contributed by atoms with Gasteiger partial charge in [-0.2, -0.15) is 0 Å². The quantitative estimate of drug-likeness (QED) is 0.656. The lowest BCUT2D eigenvalue weighted by Crippen LogP contribution is -2.22. The number of ether oxygens (including phenoxy) is 1. The number of thiazole rings is 1. The summed E-state index contributed by atoms with van der Waals surface area (Å²) >= 11 is 1.29. The summed E-state index contributed by atoms with van der Waals surface area (Å²) in [5.74, 6) is -0.703. The first-order chi connectivity index (χ1) is 10.1. The maximum absolute atomic E-state index is 11.7. The first kappa shape index (κ1) is 14.9. The van der Waals surface area contributed by atoms with Crippen LogP contribution in [0, 0.1) is 0 Å². The lowest BCUT2D eigenvalue weighted by Gasteiger charge is -2.09. The van der Waals surface area contributed by atoms with Crippen LogP contribution in [0.3, 0.4) is 0 Å². The third kappa shape index (κ3) is 4.25. The largest absolute Gasteiger partial charge is 0.479 e. The predicted molar refractivity (Wildman–Crippen MR) is 79.6 cm³/mol. The molecular formula is C15H13NO4S. The monoisotopic (exact) mass is 303 g/mol. The van der Waals surface area contributed by atoms with Crippen molar-refractivity contribution in [2.24, 2.45) is 0 Å². The van der Waals surface area contributed by atoms with Gasteiger partial charge in [-0.05, 0) is 30.7 Å². The third-order valence-corrected chi connectivity index (χ3v) is 3.40. The number of carboxylic acid groups (broad SMARTS) is 1. The molecule has 1 aromatic heterocycles. The maximum Gasteiger partial charge on any atom is 0.344 e. The van der Waals surface area contributed by atoms with E-state index in [1.54, 1.807) is 41.9 Å². The number of rotatable bonds is 6. The van der Waals surface area contributed by atoms with Gasteiger partial charge < -0.3 is 9.84 Å². The smallest absolute Gasteiger partial charge is 0.344 e. The van der Waals surface area contributed by atoms with Gasteiger partial charge in [0.1, 0.15) is 5.75 Å². The number of allylic oxidation sites excluding steroid dienone is 1. The van der Waals surface area contributed by atoms with Crippen molar-refractivity contribution in [2.45, 2.75) is 13.0 Å². The number of nitrogens with zero attached hydrogens (tertiary/aromatic N) is 1. The van der Waals surface area contributed by atoms with E-state index < -0.39 is 12.1 Å². The van der Waals surface area contributed by atoms with E-state index in [-0.39, 0.29) is 5.78 Å². The lowest BCUT2D eigenvalue weighted by molar-refractivity contribution is -0.144. The maximum atomic E-state index is 11.7. The number of ketones is 1. The first-order valence-corrected chi connectivity index (χ1v) is 7.05. The van der Waals surface area contributed by atoms with Gasteiger partial charge in [0.05, 0.1) is 0 Å². The summed E-state index contributed by atoms with van der Waals surface area (Å²) in [5, 5.41) is 10.9. The lowest BCUT2D eigenvalue weighted by atomic mass is 10.2. The highest BCUT2D eigenvalue weighted by Gasteiger charge is 2.11. The number of aliphatic carboxylic acids is 1. The zero-order valence-electron chi connectivity index (χ0n) is 11.2. The summed E-state index contributed by atoms with van der Waals surface area (Å²) in [6, 6.07) is 6.81. The van der Waals surface area contributed by atoms with Gasteiger partial charge in [-0.15, -0.1) is 11.3 Å². The molecule has 1 atom stereocenters. The standard InChI is InChI=1S/C15H13NO4S/c1-10(15(18)19)20-12-5-2-11(3-6-12)4-7-13(17)14-16-8-9-21-14/h2-10H,1H3,(H,18,19). The number of hydrogen-bond acceptors (Lipinski definition) is 5. The van der Waals surface area contributed by atoms with Crippen LogP contribution in [-0.4, -0.2) is 27.9 Å². The molecule has 1 heterocycles. The molecule has 21 heavy (non-hydrogen) atoms. The molecule has 1 aromatic carbocycles. The Kier molecular flexibility index (Phi) is 4.84. The molecule has 5 nitrogen and oxygen atoms in total. The molecule has 0 aliphatic heterocycles. The molecule has 1 unspecified atom stereocenters. The number of carboxylic acids is 1. The fourth-order valence-electron chi connectivity index (χ4n) is 1.50. The van der Waals surface area contributed by atoms with Gasteiger partial charge in [0.2, 0.25) is 5.78 Å². The fourth-order valence-corrected chi connectivity index (χ4v) is 2.06. The molecule has 1 N–H and O–H groups in total. The van der Waals surface area contributed by atoms with Gasteiger partial charge in [0, 0.05) is 11.6 Å². The number of benzene rings is 1. The van der Waals surface area contributed by atoms with Gasteiger partial charge in [-0.3, -0.25) is 4.79 Å². The van der Waals surface area contributed by atoms with Gasteiger partial charge in [-0.25, -0.2) is 9.78 Å². The third-order valence-electron chi connectivity index (χ3n) is 2.61. The van der Waals surface area contributed by atoms with E-state index in [2.05, 4.69) is 4.98 Å². The minimum absolute atomic E-state index is 0.148. The van der Waals surface area contributed by atoms with Gasteiger partial charge in [-0.1, -0.05) is 18.2 Å². The average Bonchev–Trinajstić information content (AvgIpc) is 3.00. The minimum Gasteiger partial charge on any atom is -0.479 e. The van der Waals surface area contributed by atoms with Crippen molar-refractivity contribution in [1.82, 2.24) is 4.98 Å². The highest BCUT2D eigenvalue weighted by Crippen LogP contribution is 2.15. The highest BCUT2D eigenvalue weighted by molar-refractivity contribution is 7.11. The van der Waals surface area contributed by atoms with Crippen molar-refractivity contribution in [3.63, 3.8) is 0 Å². The topological polar surface area (TPSA) is 76.5 Å². The molecule has 0 spiro atoms. The summed E-state index contributed by atoms with van der Waals surface area (Å²) in [6.45, 7) is 1.46. The predicted octanol–water partition coefficient (Wildman–Crippen LogP) is 2.89. The van der Waals surface area contributed by atoms with Crippen LogP contribution in [0.5, 0.6) is 5.75 Å². The van der Waals surface area contributed by atoms with Gasteiger partial charge >= 0.3 is 5.97 Å². The van der Waals surface area contributed by atoms with E-state index >= 15 is 0 Å². The summed E-state index contributed by atoms with van der Waals surface area (Å²) in [7, 11) is 0. The Hall–Kier alpha value is -2.47. The Morgan fingerprint density at radius 2 is 2.05 bits per heavy atom. The van der Waals surface area contributed by atoms with E-state index in [0.29, 0.717) is 10.8 Å². The van der Waals surface area contributed by atoms with E-state index in [0.717, 1.165) is 5.56 Å². The number of aromatic nitrogens is 1. The molecular weight excluding hydrogens is 290 g/mol. The summed E-state index contributed by atoms with van der Waals surface area (Å²) in [6.07, 6.45) is 3.81. The van der Waals surface area contributed by atoms with Crippen molar-refractivity contribution in [1.29, 1.82) is 0 Å². The van der Waals surface area contributed by atoms with Crippen LogP contribution in [-0.2, 0) is 4.79 Å². The number of carbonyl (C=O) groups is 2. The normalized spacial score (nSPS) is 12.2. The Morgan fingerprint density at radius 1 is 1.33 bits per heavy atom. The van der Waals surface area contributed by atoms with Gasteiger partial charge in [0.15, 0.2) is 11.1 Å². The molecule has 0 aliphatic rings. The molecule has 0 radical (unpaired) electrons. The SMILES string of the molecule is CC(Oc1ccc(C=CC(=O)c2nccs2)cc1)C(=O)O. The van der Waals surface area contributed by atoms with E-state index in [9.17, 15) is 9.59 Å². The number of carbonyl (C=O) groups excluding carboxylic acids is 1. The Bertz CT molecular complexity index is 647. The molecule has 0 fully saturated rings.